The Morgan fingerprint density at radius 2 is 1.95 bits per heavy atom. The number of aromatic nitrogens is 3. The second-order valence-electron chi connectivity index (χ2n) is 9.31. The van der Waals surface area contributed by atoms with E-state index in [1.165, 1.54) is 6.07 Å². The van der Waals surface area contributed by atoms with Gasteiger partial charge < -0.3 is 14.8 Å². The normalized spacial score (nSPS) is 15.5. The minimum Gasteiger partial charge on any atom is -0.475 e. The van der Waals surface area contributed by atoms with Gasteiger partial charge in [-0.2, -0.15) is 0 Å². The van der Waals surface area contributed by atoms with Crippen molar-refractivity contribution in [1.29, 1.82) is 0 Å². The molecule has 0 saturated carbocycles. The monoisotopic (exact) mass is 532 g/mol. The molecule has 9 nitrogen and oxygen atoms in total. The third-order valence-electron chi connectivity index (χ3n) is 6.34. The van der Waals surface area contributed by atoms with E-state index in [9.17, 15) is 13.2 Å². The third-order valence-corrected chi connectivity index (χ3v) is 7.58. The van der Waals surface area contributed by atoms with E-state index in [1.54, 1.807) is 25.3 Å². The molecule has 3 aromatic heterocycles. The molecule has 0 aliphatic carbocycles. The molecule has 5 rings (SSSR count). The van der Waals surface area contributed by atoms with E-state index in [0.29, 0.717) is 40.6 Å². The van der Waals surface area contributed by atoms with Crippen LogP contribution in [0.25, 0.3) is 22.3 Å². The molecular formula is C28H28N4O5S. The molecule has 0 spiro atoms. The van der Waals surface area contributed by atoms with Crippen molar-refractivity contribution in [3.05, 3.63) is 77.6 Å². The van der Waals surface area contributed by atoms with Gasteiger partial charge in [-0.15, -0.1) is 0 Å². The first-order chi connectivity index (χ1) is 18.3. The summed E-state index contributed by atoms with van der Waals surface area (Å²) in [7, 11) is -3.44. The average Bonchev–Trinajstić information content (AvgIpc) is 3.44. The molecule has 4 aromatic rings. The first-order valence-corrected chi connectivity index (χ1v) is 14.2. The lowest BCUT2D eigenvalue weighted by Gasteiger charge is -2.11. The maximum atomic E-state index is 12.7. The molecule has 196 valence electrons. The molecule has 1 unspecified atom stereocenters. The molecular weight excluding hydrogens is 504 g/mol. The van der Waals surface area contributed by atoms with Crippen LogP contribution in [-0.2, 0) is 21.1 Å². The molecule has 1 N–H and O–H groups in total. The van der Waals surface area contributed by atoms with Crippen molar-refractivity contribution < 1.29 is 22.7 Å². The van der Waals surface area contributed by atoms with E-state index in [4.69, 9.17) is 14.5 Å². The first-order valence-electron chi connectivity index (χ1n) is 12.3. The average molecular weight is 533 g/mol. The molecule has 1 aromatic carbocycles. The highest BCUT2D eigenvalue weighted by atomic mass is 32.2. The number of carbonyl (C=O) groups excluding carboxylic acids is 1. The van der Waals surface area contributed by atoms with E-state index < -0.39 is 9.84 Å². The zero-order valence-corrected chi connectivity index (χ0v) is 22.0. The molecule has 1 aliphatic heterocycles. The quantitative estimate of drug-likeness (QED) is 0.363. The van der Waals surface area contributed by atoms with E-state index in [1.807, 2.05) is 36.4 Å². The summed E-state index contributed by atoms with van der Waals surface area (Å²) in [4.78, 5) is 26.6. The van der Waals surface area contributed by atoms with Gasteiger partial charge in [-0.25, -0.2) is 18.4 Å². The lowest BCUT2D eigenvalue weighted by Crippen LogP contribution is -2.23. The standard InChI is InChI=1S/C28H28N4O5S/c1-18-8-9-19(13-26(18)38(2,34)35)28(33)30-16-21-14-25-20(15-29-21)10-11-24(31-25)23-6-3-7-27(32-23)37-17-22-5-4-12-36-22/h3,6-11,13-15,22H,4-5,12,16-17H2,1-2H3,(H,30,33). The number of nitrogens with zero attached hydrogens (tertiary/aromatic N) is 3. The zero-order chi connectivity index (χ0) is 26.7. The zero-order valence-electron chi connectivity index (χ0n) is 21.2. The highest BCUT2D eigenvalue weighted by molar-refractivity contribution is 7.90. The van der Waals surface area contributed by atoms with Crippen LogP contribution >= 0.6 is 0 Å². The van der Waals surface area contributed by atoms with Crippen LogP contribution in [0.4, 0.5) is 0 Å². The maximum absolute atomic E-state index is 12.7. The van der Waals surface area contributed by atoms with Gasteiger partial charge >= 0.3 is 0 Å². The van der Waals surface area contributed by atoms with Crippen LogP contribution in [0.1, 0.15) is 34.5 Å². The number of fused-ring (bicyclic) bond motifs is 1. The molecule has 0 bridgehead atoms. The molecule has 4 heterocycles. The number of ether oxygens (including phenoxy) is 2. The molecule has 1 atom stereocenters. The summed E-state index contributed by atoms with van der Waals surface area (Å²) in [5.41, 5.74) is 3.57. The number of amides is 1. The minimum absolute atomic E-state index is 0.110. The van der Waals surface area contributed by atoms with Crippen LogP contribution in [0.5, 0.6) is 5.88 Å². The second kappa shape index (κ2) is 10.8. The number of pyridine rings is 3. The maximum Gasteiger partial charge on any atom is 0.251 e. The lowest BCUT2D eigenvalue weighted by atomic mass is 10.1. The number of rotatable bonds is 8. The third kappa shape index (κ3) is 5.98. The van der Waals surface area contributed by atoms with Gasteiger partial charge in [0, 0.05) is 36.1 Å². The van der Waals surface area contributed by atoms with Crippen LogP contribution in [0, 0.1) is 6.92 Å². The Balaban J connectivity index is 1.30. The number of aryl methyl sites for hydroxylation is 1. The molecule has 1 saturated heterocycles. The highest BCUT2D eigenvalue weighted by Crippen LogP contribution is 2.23. The Morgan fingerprint density at radius 3 is 2.74 bits per heavy atom. The Kier molecular flexibility index (Phi) is 7.35. The van der Waals surface area contributed by atoms with Crippen molar-refractivity contribution in [1.82, 2.24) is 20.3 Å². The summed E-state index contributed by atoms with van der Waals surface area (Å²) in [6.45, 7) is 3.11. The van der Waals surface area contributed by atoms with E-state index in [2.05, 4.69) is 15.3 Å². The summed E-state index contributed by atoms with van der Waals surface area (Å²) in [5.74, 6) is 0.135. The predicted molar refractivity (Wildman–Crippen MR) is 143 cm³/mol. The van der Waals surface area contributed by atoms with E-state index in [-0.39, 0.29) is 29.0 Å². The Hall–Kier alpha value is -3.89. The number of hydrogen-bond acceptors (Lipinski definition) is 8. The van der Waals surface area contributed by atoms with Gasteiger partial charge in [-0.05, 0) is 61.7 Å². The molecule has 0 radical (unpaired) electrons. The fourth-order valence-corrected chi connectivity index (χ4v) is 5.30. The number of hydrogen-bond donors (Lipinski definition) is 1. The summed E-state index contributed by atoms with van der Waals surface area (Å²) >= 11 is 0. The SMILES string of the molecule is Cc1ccc(C(=O)NCc2cc3nc(-c4cccc(OCC5CCCO5)n4)ccc3cn2)cc1S(C)(=O)=O. The molecule has 38 heavy (non-hydrogen) atoms. The smallest absolute Gasteiger partial charge is 0.251 e. The van der Waals surface area contributed by atoms with Gasteiger partial charge in [0.05, 0.1) is 40.1 Å². The summed E-state index contributed by atoms with van der Waals surface area (Å²) in [5, 5.41) is 3.66. The van der Waals surface area contributed by atoms with Gasteiger partial charge in [0.25, 0.3) is 5.91 Å². The van der Waals surface area contributed by atoms with Crippen molar-refractivity contribution in [2.75, 3.05) is 19.5 Å². The van der Waals surface area contributed by atoms with Crippen molar-refractivity contribution in [2.45, 2.75) is 37.3 Å². The first kappa shape index (κ1) is 25.7. The second-order valence-corrected chi connectivity index (χ2v) is 11.3. The van der Waals surface area contributed by atoms with Gasteiger partial charge in [-0.3, -0.25) is 9.78 Å². The summed E-state index contributed by atoms with van der Waals surface area (Å²) < 4.78 is 35.5. The van der Waals surface area contributed by atoms with Crippen LogP contribution in [-0.4, -0.2) is 54.9 Å². The molecule has 10 heteroatoms. The number of nitrogens with one attached hydrogen (secondary N) is 1. The summed E-state index contributed by atoms with van der Waals surface area (Å²) in [6.07, 6.45) is 4.99. The summed E-state index contributed by atoms with van der Waals surface area (Å²) in [6, 6.07) is 15.8. The van der Waals surface area contributed by atoms with Crippen LogP contribution in [0.15, 0.2) is 65.7 Å². The van der Waals surface area contributed by atoms with Crippen LogP contribution in [0.2, 0.25) is 0 Å². The Morgan fingerprint density at radius 1 is 1.11 bits per heavy atom. The van der Waals surface area contributed by atoms with Gasteiger partial charge in [0.2, 0.25) is 5.88 Å². The molecule has 1 amide bonds. The van der Waals surface area contributed by atoms with Crippen molar-refractivity contribution >= 4 is 26.6 Å². The van der Waals surface area contributed by atoms with Crippen molar-refractivity contribution in [3.63, 3.8) is 0 Å². The van der Waals surface area contributed by atoms with Crippen LogP contribution < -0.4 is 10.1 Å². The lowest BCUT2D eigenvalue weighted by molar-refractivity contribution is 0.0664. The topological polar surface area (TPSA) is 120 Å². The van der Waals surface area contributed by atoms with Crippen molar-refractivity contribution in [2.24, 2.45) is 0 Å². The Labute approximate surface area is 221 Å². The number of benzene rings is 1. The fraction of sp³-hybridized carbons (Fsp3) is 0.286. The molecule has 1 aliphatic rings. The Bertz CT molecular complexity index is 1600. The highest BCUT2D eigenvalue weighted by Gasteiger charge is 2.17. The van der Waals surface area contributed by atoms with E-state index >= 15 is 0 Å². The number of carbonyl (C=O) groups is 1. The van der Waals surface area contributed by atoms with Crippen molar-refractivity contribution in [3.8, 4) is 17.3 Å². The number of sulfone groups is 1. The van der Waals surface area contributed by atoms with Gasteiger partial charge in [-0.1, -0.05) is 12.1 Å². The fourth-order valence-electron chi connectivity index (χ4n) is 4.30. The van der Waals surface area contributed by atoms with Gasteiger partial charge in [0.1, 0.15) is 6.61 Å². The minimum atomic E-state index is -3.44. The van der Waals surface area contributed by atoms with Crippen LogP contribution in [0.3, 0.4) is 0 Å². The van der Waals surface area contributed by atoms with E-state index in [0.717, 1.165) is 31.1 Å². The largest absolute Gasteiger partial charge is 0.475 e. The predicted octanol–water partition coefficient (Wildman–Crippen LogP) is 3.89. The van der Waals surface area contributed by atoms with Gasteiger partial charge in [0.15, 0.2) is 9.84 Å². The molecule has 1 fully saturated rings.